The van der Waals surface area contributed by atoms with Gasteiger partial charge in [0.15, 0.2) is 0 Å². The van der Waals surface area contributed by atoms with Gasteiger partial charge in [-0.05, 0) is 24.3 Å². The van der Waals surface area contributed by atoms with E-state index >= 15 is 0 Å². The van der Waals surface area contributed by atoms with Crippen molar-refractivity contribution < 1.29 is 9.90 Å². The highest BCUT2D eigenvalue weighted by atomic mass is 32.1. The summed E-state index contributed by atoms with van der Waals surface area (Å²) in [6.45, 7) is 3.31. The second-order valence-corrected chi connectivity index (χ2v) is 7.40. The lowest BCUT2D eigenvalue weighted by molar-refractivity contribution is 0.0739. The normalized spacial score (nSPS) is 14.8. The Morgan fingerprint density at radius 1 is 1.46 bits per heavy atom. The van der Waals surface area contributed by atoms with Gasteiger partial charge in [-0.3, -0.25) is 4.79 Å². The SMILES string of the molecule is CCCC(CCO)Nc1nc(N)nc2c1CN(C(=O)c1cccs1)CC2. The quantitative estimate of drug-likeness (QED) is 0.686. The molecule has 140 valence electrons. The molecule has 1 amide bonds. The molecule has 0 bridgehead atoms. The molecule has 3 heterocycles. The van der Waals surface area contributed by atoms with Crippen molar-refractivity contribution >= 4 is 29.0 Å². The molecule has 8 heteroatoms. The van der Waals surface area contributed by atoms with Crippen LogP contribution in [0.3, 0.4) is 0 Å². The number of anilines is 2. The Morgan fingerprint density at radius 3 is 3.00 bits per heavy atom. The van der Waals surface area contributed by atoms with Crippen LogP contribution in [0, 0.1) is 0 Å². The van der Waals surface area contributed by atoms with E-state index < -0.39 is 0 Å². The van der Waals surface area contributed by atoms with Crippen LogP contribution in [0.4, 0.5) is 11.8 Å². The Morgan fingerprint density at radius 2 is 2.31 bits per heavy atom. The molecule has 3 rings (SSSR count). The lowest BCUT2D eigenvalue weighted by Gasteiger charge is -2.30. The molecule has 0 fully saturated rings. The van der Waals surface area contributed by atoms with Crippen molar-refractivity contribution in [1.82, 2.24) is 14.9 Å². The van der Waals surface area contributed by atoms with Gasteiger partial charge in [0.05, 0.1) is 17.1 Å². The van der Waals surface area contributed by atoms with E-state index in [1.807, 2.05) is 22.4 Å². The summed E-state index contributed by atoms with van der Waals surface area (Å²) in [6.07, 6.45) is 3.23. The number of hydrogen-bond donors (Lipinski definition) is 3. The van der Waals surface area contributed by atoms with E-state index in [-0.39, 0.29) is 24.5 Å². The van der Waals surface area contributed by atoms with Crippen LogP contribution in [0.1, 0.15) is 47.1 Å². The first-order valence-corrected chi connectivity index (χ1v) is 9.85. The third-order valence-electron chi connectivity index (χ3n) is 4.55. The molecule has 1 aliphatic rings. The first kappa shape index (κ1) is 18.6. The monoisotopic (exact) mass is 375 g/mol. The van der Waals surface area contributed by atoms with Crippen LogP contribution in [-0.2, 0) is 13.0 Å². The molecule has 0 saturated heterocycles. The van der Waals surface area contributed by atoms with Gasteiger partial charge < -0.3 is 21.1 Å². The molecule has 1 aliphatic heterocycles. The van der Waals surface area contributed by atoms with Gasteiger partial charge in [-0.25, -0.2) is 4.98 Å². The lowest BCUT2D eigenvalue weighted by Crippen LogP contribution is -2.37. The molecular formula is C18H25N5O2S. The smallest absolute Gasteiger partial charge is 0.264 e. The Hall–Kier alpha value is -2.19. The van der Waals surface area contributed by atoms with E-state index in [0.29, 0.717) is 31.7 Å². The number of carbonyl (C=O) groups is 1. The average Bonchev–Trinajstić information content (AvgIpc) is 3.16. The maximum atomic E-state index is 12.7. The van der Waals surface area contributed by atoms with Crippen LogP contribution in [0.2, 0.25) is 0 Å². The zero-order valence-electron chi connectivity index (χ0n) is 14.9. The fraction of sp³-hybridized carbons (Fsp3) is 0.500. The summed E-state index contributed by atoms with van der Waals surface area (Å²) in [5.74, 6) is 0.959. The number of nitrogen functional groups attached to an aromatic ring is 1. The fourth-order valence-corrected chi connectivity index (χ4v) is 3.96. The minimum Gasteiger partial charge on any atom is -0.396 e. The number of rotatable bonds is 7. The number of aliphatic hydroxyl groups is 1. The van der Waals surface area contributed by atoms with Gasteiger partial charge in [0.2, 0.25) is 5.95 Å². The number of amides is 1. The third-order valence-corrected chi connectivity index (χ3v) is 5.41. The summed E-state index contributed by atoms with van der Waals surface area (Å²) in [6, 6.07) is 3.85. The highest BCUT2D eigenvalue weighted by Crippen LogP contribution is 2.27. The summed E-state index contributed by atoms with van der Waals surface area (Å²) in [4.78, 5) is 24.0. The Labute approximate surface area is 157 Å². The molecule has 0 aliphatic carbocycles. The molecule has 26 heavy (non-hydrogen) atoms. The molecular weight excluding hydrogens is 350 g/mol. The third kappa shape index (κ3) is 4.13. The summed E-state index contributed by atoms with van der Waals surface area (Å²) in [5, 5.41) is 14.6. The van der Waals surface area contributed by atoms with Crippen LogP contribution in [0.5, 0.6) is 0 Å². The van der Waals surface area contributed by atoms with Gasteiger partial charge in [0.25, 0.3) is 5.91 Å². The lowest BCUT2D eigenvalue weighted by atomic mass is 10.0. The zero-order valence-corrected chi connectivity index (χ0v) is 15.8. The van der Waals surface area contributed by atoms with Gasteiger partial charge in [-0.2, -0.15) is 4.98 Å². The van der Waals surface area contributed by atoms with Crippen molar-refractivity contribution in [2.75, 3.05) is 24.2 Å². The molecule has 4 N–H and O–H groups in total. The topological polar surface area (TPSA) is 104 Å². The van der Waals surface area contributed by atoms with Crippen molar-refractivity contribution in [3.8, 4) is 0 Å². The van der Waals surface area contributed by atoms with E-state index in [4.69, 9.17) is 5.73 Å². The largest absolute Gasteiger partial charge is 0.396 e. The van der Waals surface area contributed by atoms with Crippen molar-refractivity contribution in [2.24, 2.45) is 0 Å². The second kappa shape index (κ2) is 8.46. The first-order valence-electron chi connectivity index (χ1n) is 8.97. The number of aromatic nitrogens is 2. The number of thiophene rings is 1. The average molecular weight is 375 g/mol. The van der Waals surface area contributed by atoms with Gasteiger partial charge >= 0.3 is 0 Å². The molecule has 0 radical (unpaired) electrons. The van der Waals surface area contributed by atoms with Gasteiger partial charge in [-0.15, -0.1) is 11.3 Å². The number of fused-ring (bicyclic) bond motifs is 1. The van der Waals surface area contributed by atoms with Crippen LogP contribution in [0.25, 0.3) is 0 Å². The summed E-state index contributed by atoms with van der Waals surface area (Å²) >= 11 is 1.45. The number of nitrogens with two attached hydrogens (primary N) is 1. The zero-order chi connectivity index (χ0) is 18.5. The highest BCUT2D eigenvalue weighted by molar-refractivity contribution is 7.12. The minimum absolute atomic E-state index is 0.0360. The molecule has 1 unspecified atom stereocenters. The van der Waals surface area contributed by atoms with Gasteiger partial charge in [0, 0.05) is 31.2 Å². The standard InChI is InChI=1S/C18H25N5O2S/c1-2-4-12(7-9-24)20-16-13-11-23(17(25)15-5-3-10-26-15)8-6-14(13)21-18(19)22-16/h3,5,10,12,24H,2,4,6-9,11H2,1H3,(H3,19,20,21,22). The summed E-state index contributed by atoms with van der Waals surface area (Å²) in [5.41, 5.74) is 7.71. The number of hydrogen-bond acceptors (Lipinski definition) is 7. The minimum atomic E-state index is 0.0360. The molecule has 0 spiro atoms. The van der Waals surface area contributed by atoms with Crippen LogP contribution in [0.15, 0.2) is 17.5 Å². The van der Waals surface area contributed by atoms with Gasteiger partial charge in [0.1, 0.15) is 5.82 Å². The predicted molar refractivity (Wildman–Crippen MR) is 103 cm³/mol. The van der Waals surface area contributed by atoms with E-state index in [1.165, 1.54) is 11.3 Å². The van der Waals surface area contributed by atoms with Crippen molar-refractivity contribution in [2.45, 2.75) is 45.2 Å². The molecule has 0 aromatic carbocycles. The van der Waals surface area contributed by atoms with Crippen molar-refractivity contribution in [3.63, 3.8) is 0 Å². The van der Waals surface area contributed by atoms with Crippen LogP contribution < -0.4 is 11.1 Å². The Balaban J connectivity index is 1.84. The summed E-state index contributed by atoms with van der Waals surface area (Å²) < 4.78 is 0. The van der Waals surface area contributed by atoms with E-state index in [9.17, 15) is 9.90 Å². The summed E-state index contributed by atoms with van der Waals surface area (Å²) in [7, 11) is 0. The molecule has 7 nitrogen and oxygen atoms in total. The molecule has 1 atom stereocenters. The van der Waals surface area contributed by atoms with Crippen molar-refractivity contribution in [3.05, 3.63) is 33.6 Å². The maximum absolute atomic E-state index is 12.7. The number of aliphatic hydroxyl groups excluding tert-OH is 1. The molecule has 2 aromatic heterocycles. The predicted octanol–water partition coefficient (Wildman–Crippen LogP) is 2.28. The van der Waals surface area contributed by atoms with E-state index in [0.717, 1.165) is 29.0 Å². The molecule has 2 aromatic rings. The second-order valence-electron chi connectivity index (χ2n) is 6.45. The van der Waals surface area contributed by atoms with Crippen LogP contribution >= 0.6 is 11.3 Å². The van der Waals surface area contributed by atoms with Crippen LogP contribution in [-0.4, -0.2) is 45.1 Å². The fourth-order valence-electron chi connectivity index (χ4n) is 3.27. The maximum Gasteiger partial charge on any atom is 0.264 e. The van der Waals surface area contributed by atoms with Gasteiger partial charge in [-0.1, -0.05) is 19.4 Å². The first-order chi connectivity index (χ1) is 12.6. The Bertz CT molecular complexity index is 744. The van der Waals surface area contributed by atoms with E-state index in [1.54, 1.807) is 0 Å². The molecule has 0 saturated carbocycles. The van der Waals surface area contributed by atoms with Crippen molar-refractivity contribution in [1.29, 1.82) is 0 Å². The number of nitrogens with zero attached hydrogens (tertiary/aromatic N) is 3. The number of nitrogens with one attached hydrogen (secondary N) is 1. The number of carbonyl (C=O) groups excluding carboxylic acids is 1. The highest BCUT2D eigenvalue weighted by Gasteiger charge is 2.27. The Kier molecular flexibility index (Phi) is 6.05. The van der Waals surface area contributed by atoms with E-state index in [2.05, 4.69) is 22.2 Å².